The molecule has 2 rings (SSSR count). The molecule has 0 aliphatic heterocycles. The third-order valence-corrected chi connectivity index (χ3v) is 2.70. The number of aromatic nitrogens is 3. The van der Waals surface area contributed by atoms with Crippen LogP contribution in [-0.4, -0.2) is 21.6 Å². The van der Waals surface area contributed by atoms with Gasteiger partial charge in [0, 0.05) is 0 Å². The van der Waals surface area contributed by atoms with Crippen molar-refractivity contribution in [2.24, 2.45) is 0 Å². The minimum atomic E-state index is 0.0600. The highest BCUT2D eigenvalue weighted by Gasteiger charge is 2.09. The summed E-state index contributed by atoms with van der Waals surface area (Å²) in [7, 11) is 0. The molecule has 0 radical (unpaired) electrons. The Morgan fingerprint density at radius 3 is 2.86 bits per heavy atom. The summed E-state index contributed by atoms with van der Waals surface area (Å²) in [4.78, 5) is 12.0. The van der Waals surface area contributed by atoms with Gasteiger partial charge < -0.3 is 15.8 Å². The molecule has 3 N–H and O–H groups in total. The Bertz CT molecular complexity index is 680. The van der Waals surface area contributed by atoms with E-state index in [4.69, 9.17) is 10.5 Å². The summed E-state index contributed by atoms with van der Waals surface area (Å²) in [6.07, 6.45) is 0.838. The van der Waals surface area contributed by atoms with Crippen molar-refractivity contribution in [3.8, 4) is 12.1 Å². The Kier molecular flexibility index (Phi) is 4.51. The molecular formula is C14H16N6O. The second-order valence-electron chi connectivity index (χ2n) is 4.38. The number of benzene rings is 1. The predicted octanol–water partition coefficient (Wildman–Crippen LogP) is 2.17. The van der Waals surface area contributed by atoms with E-state index in [2.05, 4.69) is 26.3 Å². The first kappa shape index (κ1) is 14.5. The van der Waals surface area contributed by atoms with E-state index in [0.717, 1.165) is 12.0 Å². The molecule has 0 fully saturated rings. The zero-order chi connectivity index (χ0) is 15.2. The molecule has 0 aliphatic carbocycles. The van der Waals surface area contributed by atoms with Crippen LogP contribution in [0.4, 0.5) is 17.6 Å². The van der Waals surface area contributed by atoms with Gasteiger partial charge in [-0.1, -0.05) is 19.1 Å². The van der Waals surface area contributed by atoms with Crippen molar-refractivity contribution in [3.63, 3.8) is 0 Å². The van der Waals surface area contributed by atoms with E-state index in [9.17, 15) is 5.26 Å². The second kappa shape index (κ2) is 6.52. The number of nitriles is 1. The molecule has 1 aromatic carbocycles. The van der Waals surface area contributed by atoms with Gasteiger partial charge in [0.2, 0.25) is 11.9 Å². The molecule has 0 bridgehead atoms. The topological polar surface area (TPSA) is 110 Å². The Balaban J connectivity index is 2.30. The summed E-state index contributed by atoms with van der Waals surface area (Å²) in [5, 5.41) is 12.2. The Morgan fingerprint density at radius 1 is 1.33 bits per heavy atom. The summed E-state index contributed by atoms with van der Waals surface area (Å²) in [6, 6.07) is 7.80. The largest absolute Gasteiger partial charge is 0.463 e. The zero-order valence-corrected chi connectivity index (χ0v) is 11.9. The maximum atomic E-state index is 9.21. The lowest BCUT2D eigenvalue weighted by Gasteiger charge is -2.10. The van der Waals surface area contributed by atoms with Crippen LogP contribution in [0.3, 0.4) is 0 Å². The molecule has 0 atom stereocenters. The van der Waals surface area contributed by atoms with Crippen LogP contribution >= 0.6 is 0 Å². The van der Waals surface area contributed by atoms with Gasteiger partial charge in [0.05, 0.1) is 17.9 Å². The van der Waals surface area contributed by atoms with E-state index >= 15 is 0 Å². The van der Waals surface area contributed by atoms with Gasteiger partial charge in [0.15, 0.2) is 0 Å². The van der Waals surface area contributed by atoms with Crippen molar-refractivity contribution in [1.29, 1.82) is 5.26 Å². The predicted molar refractivity (Wildman–Crippen MR) is 79.2 cm³/mol. The van der Waals surface area contributed by atoms with Gasteiger partial charge in [-0.15, -0.1) is 0 Å². The van der Waals surface area contributed by atoms with Gasteiger partial charge >= 0.3 is 6.01 Å². The first-order valence-corrected chi connectivity index (χ1v) is 6.55. The van der Waals surface area contributed by atoms with E-state index < -0.39 is 0 Å². The van der Waals surface area contributed by atoms with Crippen molar-refractivity contribution in [2.45, 2.75) is 20.3 Å². The van der Waals surface area contributed by atoms with Crippen LogP contribution in [0.25, 0.3) is 0 Å². The van der Waals surface area contributed by atoms with Crippen LogP contribution in [0.5, 0.6) is 6.01 Å². The SMILES string of the molecule is CCCOc1nc(N)nc(Nc2cccc(C)c2C#N)n1. The van der Waals surface area contributed by atoms with Crippen LogP contribution in [0.1, 0.15) is 24.5 Å². The van der Waals surface area contributed by atoms with E-state index in [1.807, 2.05) is 26.0 Å². The number of ether oxygens (including phenoxy) is 1. The highest BCUT2D eigenvalue weighted by molar-refractivity contribution is 5.65. The average Bonchev–Trinajstić information content (AvgIpc) is 2.45. The number of anilines is 3. The van der Waals surface area contributed by atoms with Crippen LogP contribution < -0.4 is 15.8 Å². The first-order valence-electron chi connectivity index (χ1n) is 6.55. The van der Waals surface area contributed by atoms with Gasteiger partial charge in [-0.2, -0.15) is 20.2 Å². The molecule has 2 aromatic rings. The zero-order valence-electron chi connectivity index (χ0n) is 11.9. The van der Waals surface area contributed by atoms with Gasteiger partial charge in [-0.05, 0) is 25.0 Å². The van der Waals surface area contributed by atoms with E-state index in [-0.39, 0.29) is 17.9 Å². The molecule has 0 amide bonds. The average molecular weight is 284 g/mol. The monoisotopic (exact) mass is 284 g/mol. The normalized spacial score (nSPS) is 9.95. The molecule has 0 spiro atoms. The van der Waals surface area contributed by atoms with Gasteiger partial charge in [-0.3, -0.25) is 0 Å². The number of rotatable bonds is 5. The molecule has 0 aliphatic rings. The lowest BCUT2D eigenvalue weighted by Crippen LogP contribution is -2.08. The molecule has 7 heteroatoms. The molecule has 0 saturated carbocycles. The highest BCUT2D eigenvalue weighted by atomic mass is 16.5. The number of aryl methyl sites for hydroxylation is 1. The van der Waals surface area contributed by atoms with E-state index in [0.29, 0.717) is 17.9 Å². The lowest BCUT2D eigenvalue weighted by molar-refractivity contribution is 0.292. The minimum absolute atomic E-state index is 0.0600. The molecular weight excluding hydrogens is 268 g/mol. The number of hydrogen-bond acceptors (Lipinski definition) is 7. The van der Waals surface area contributed by atoms with Crippen LogP contribution in [-0.2, 0) is 0 Å². The van der Waals surface area contributed by atoms with Crippen molar-refractivity contribution >= 4 is 17.6 Å². The summed E-state index contributed by atoms with van der Waals surface area (Å²) in [5.74, 6) is 0.306. The third kappa shape index (κ3) is 3.57. The maximum Gasteiger partial charge on any atom is 0.323 e. The maximum absolute atomic E-state index is 9.21. The highest BCUT2D eigenvalue weighted by Crippen LogP contribution is 2.22. The van der Waals surface area contributed by atoms with Gasteiger partial charge in [0.1, 0.15) is 6.07 Å². The molecule has 21 heavy (non-hydrogen) atoms. The Morgan fingerprint density at radius 2 is 2.14 bits per heavy atom. The lowest BCUT2D eigenvalue weighted by atomic mass is 10.1. The molecule has 1 heterocycles. The summed E-state index contributed by atoms with van der Waals surface area (Å²) in [5.41, 5.74) is 7.66. The van der Waals surface area contributed by atoms with Crippen molar-refractivity contribution in [2.75, 3.05) is 17.7 Å². The van der Waals surface area contributed by atoms with Crippen molar-refractivity contribution in [1.82, 2.24) is 15.0 Å². The number of hydrogen-bond donors (Lipinski definition) is 2. The Labute approximate surface area is 122 Å². The fourth-order valence-corrected chi connectivity index (χ4v) is 1.73. The fraction of sp³-hybridized carbons (Fsp3) is 0.286. The quantitative estimate of drug-likeness (QED) is 0.865. The van der Waals surface area contributed by atoms with E-state index in [1.54, 1.807) is 6.07 Å². The Hall–Kier alpha value is -2.88. The fourth-order valence-electron chi connectivity index (χ4n) is 1.73. The minimum Gasteiger partial charge on any atom is -0.463 e. The van der Waals surface area contributed by atoms with Crippen LogP contribution in [0, 0.1) is 18.3 Å². The number of nitrogen functional groups attached to an aromatic ring is 1. The van der Waals surface area contributed by atoms with Crippen molar-refractivity contribution < 1.29 is 4.74 Å². The molecule has 0 unspecified atom stereocenters. The van der Waals surface area contributed by atoms with Gasteiger partial charge in [-0.25, -0.2) is 0 Å². The van der Waals surface area contributed by atoms with Crippen LogP contribution in [0.2, 0.25) is 0 Å². The molecule has 108 valence electrons. The standard InChI is InChI=1S/C14H16N6O/c1-3-7-21-14-19-12(16)18-13(20-14)17-11-6-4-5-9(2)10(11)8-15/h4-6H,3,7H2,1-2H3,(H3,16,17,18,19,20). The third-order valence-electron chi connectivity index (χ3n) is 2.70. The van der Waals surface area contributed by atoms with E-state index in [1.165, 1.54) is 0 Å². The molecule has 0 saturated heterocycles. The van der Waals surface area contributed by atoms with Gasteiger partial charge in [0.25, 0.3) is 0 Å². The summed E-state index contributed by atoms with van der Waals surface area (Å²) >= 11 is 0. The van der Waals surface area contributed by atoms with Crippen molar-refractivity contribution in [3.05, 3.63) is 29.3 Å². The second-order valence-corrected chi connectivity index (χ2v) is 4.38. The number of nitrogens with two attached hydrogens (primary N) is 1. The first-order chi connectivity index (χ1) is 10.1. The molecule has 7 nitrogen and oxygen atoms in total. The number of nitrogens with zero attached hydrogens (tertiary/aromatic N) is 4. The summed E-state index contributed by atoms with van der Waals surface area (Å²) in [6.45, 7) is 4.34. The van der Waals surface area contributed by atoms with Crippen LogP contribution in [0.15, 0.2) is 18.2 Å². The smallest absolute Gasteiger partial charge is 0.323 e. The summed E-state index contributed by atoms with van der Waals surface area (Å²) < 4.78 is 5.35. The molecule has 1 aromatic heterocycles. The number of nitrogens with one attached hydrogen (secondary N) is 1.